The first kappa shape index (κ1) is 15.2. The molecule has 2 N–H and O–H groups in total. The van der Waals surface area contributed by atoms with Crippen LogP contribution in [0.1, 0.15) is 17.3 Å². The molecule has 2 aromatic rings. The molecule has 0 unspecified atom stereocenters. The minimum absolute atomic E-state index is 0.0478. The number of carbonyl (C=O) groups excluding carboxylic acids is 2. The van der Waals surface area contributed by atoms with E-state index < -0.39 is 6.03 Å². The average molecular weight is 325 g/mol. The Hall–Kier alpha value is -2.18. The summed E-state index contributed by atoms with van der Waals surface area (Å²) in [7, 11) is 0. The van der Waals surface area contributed by atoms with E-state index in [-0.39, 0.29) is 21.8 Å². The van der Waals surface area contributed by atoms with Crippen LogP contribution >= 0.6 is 23.2 Å². The number of ketones is 1. The zero-order valence-corrected chi connectivity index (χ0v) is 12.4. The van der Waals surface area contributed by atoms with Gasteiger partial charge in [-0.05, 0) is 31.2 Å². The molecule has 0 aliphatic carbocycles. The van der Waals surface area contributed by atoms with E-state index in [1.807, 2.05) is 0 Å². The standard InChI is InChI=1S/C13H10Cl2N4O2/c1-7(20)8-2-4-9(5-3-8)18-13(21)19-12-10(14)11(15)16-6-17-12/h2-6H,1H3,(H2,16,17,18,19,21). The molecular formula is C13H10Cl2N4O2. The maximum atomic E-state index is 11.8. The molecule has 0 fully saturated rings. The van der Waals surface area contributed by atoms with Crippen molar-refractivity contribution >= 4 is 46.5 Å². The molecule has 2 amide bonds. The van der Waals surface area contributed by atoms with Gasteiger partial charge in [0.05, 0.1) is 0 Å². The SMILES string of the molecule is CC(=O)c1ccc(NC(=O)Nc2ncnc(Cl)c2Cl)cc1. The first-order valence-electron chi connectivity index (χ1n) is 5.82. The van der Waals surface area contributed by atoms with Crippen molar-refractivity contribution < 1.29 is 9.59 Å². The van der Waals surface area contributed by atoms with E-state index in [1.54, 1.807) is 24.3 Å². The molecule has 108 valence electrons. The number of urea groups is 1. The number of nitrogens with zero attached hydrogens (tertiary/aromatic N) is 2. The van der Waals surface area contributed by atoms with Crippen molar-refractivity contribution in [2.75, 3.05) is 10.6 Å². The molecule has 1 aromatic carbocycles. The summed E-state index contributed by atoms with van der Waals surface area (Å²) in [6.45, 7) is 1.47. The number of Topliss-reactive ketones (excluding diaryl/α,β-unsaturated/α-hetero) is 1. The number of anilines is 2. The molecule has 21 heavy (non-hydrogen) atoms. The lowest BCUT2D eigenvalue weighted by Gasteiger charge is -2.08. The van der Waals surface area contributed by atoms with Gasteiger partial charge in [0, 0.05) is 11.3 Å². The van der Waals surface area contributed by atoms with Crippen molar-refractivity contribution in [2.24, 2.45) is 0 Å². The van der Waals surface area contributed by atoms with Crippen molar-refractivity contribution in [1.29, 1.82) is 0 Å². The minimum atomic E-state index is -0.540. The van der Waals surface area contributed by atoms with Gasteiger partial charge in [0.2, 0.25) is 0 Å². The number of rotatable bonds is 3. The van der Waals surface area contributed by atoms with Crippen molar-refractivity contribution in [3.8, 4) is 0 Å². The molecule has 0 spiro atoms. The number of nitrogens with one attached hydrogen (secondary N) is 2. The zero-order valence-electron chi connectivity index (χ0n) is 10.9. The second-order valence-electron chi connectivity index (χ2n) is 4.04. The lowest BCUT2D eigenvalue weighted by Crippen LogP contribution is -2.20. The van der Waals surface area contributed by atoms with Gasteiger partial charge < -0.3 is 5.32 Å². The third-order valence-electron chi connectivity index (χ3n) is 2.53. The Morgan fingerprint density at radius 3 is 2.33 bits per heavy atom. The predicted molar refractivity (Wildman–Crippen MR) is 81.1 cm³/mol. The highest BCUT2D eigenvalue weighted by atomic mass is 35.5. The summed E-state index contributed by atoms with van der Waals surface area (Å²) >= 11 is 11.6. The van der Waals surface area contributed by atoms with Crippen molar-refractivity contribution in [3.63, 3.8) is 0 Å². The van der Waals surface area contributed by atoms with Crippen LogP contribution in [0.3, 0.4) is 0 Å². The summed E-state index contributed by atoms with van der Waals surface area (Å²) in [4.78, 5) is 30.5. The number of amides is 2. The quantitative estimate of drug-likeness (QED) is 0.667. The predicted octanol–water partition coefficient (Wildman–Crippen LogP) is 3.63. The smallest absolute Gasteiger partial charge is 0.308 e. The minimum Gasteiger partial charge on any atom is -0.308 e. The van der Waals surface area contributed by atoms with Crippen LogP contribution in [0.25, 0.3) is 0 Å². The maximum Gasteiger partial charge on any atom is 0.324 e. The molecule has 0 radical (unpaired) electrons. The molecule has 2 rings (SSSR count). The van der Waals surface area contributed by atoms with Gasteiger partial charge in [-0.1, -0.05) is 23.2 Å². The number of carbonyl (C=O) groups is 2. The number of hydrogen-bond acceptors (Lipinski definition) is 4. The van der Waals surface area contributed by atoms with Crippen LogP contribution in [0.2, 0.25) is 10.2 Å². The van der Waals surface area contributed by atoms with E-state index >= 15 is 0 Å². The van der Waals surface area contributed by atoms with Gasteiger partial charge in [-0.3, -0.25) is 10.1 Å². The van der Waals surface area contributed by atoms with Gasteiger partial charge in [-0.15, -0.1) is 0 Å². The highest BCUT2D eigenvalue weighted by molar-refractivity contribution is 6.43. The molecule has 0 atom stereocenters. The lowest BCUT2D eigenvalue weighted by molar-refractivity contribution is 0.101. The van der Waals surface area contributed by atoms with E-state index in [0.717, 1.165) is 0 Å². The van der Waals surface area contributed by atoms with Gasteiger partial charge in [-0.2, -0.15) is 0 Å². The number of benzene rings is 1. The molecule has 0 aliphatic heterocycles. The molecule has 0 saturated carbocycles. The molecule has 8 heteroatoms. The highest BCUT2D eigenvalue weighted by Gasteiger charge is 2.10. The van der Waals surface area contributed by atoms with Crippen LogP contribution in [-0.4, -0.2) is 21.8 Å². The van der Waals surface area contributed by atoms with E-state index in [1.165, 1.54) is 13.3 Å². The fraction of sp³-hybridized carbons (Fsp3) is 0.0769. The van der Waals surface area contributed by atoms with Crippen LogP contribution < -0.4 is 10.6 Å². The fourth-order valence-electron chi connectivity index (χ4n) is 1.49. The highest BCUT2D eigenvalue weighted by Crippen LogP contribution is 2.25. The van der Waals surface area contributed by atoms with Gasteiger partial charge in [0.15, 0.2) is 16.8 Å². The Kier molecular flexibility index (Phi) is 4.72. The normalized spacial score (nSPS) is 10.0. The first-order valence-corrected chi connectivity index (χ1v) is 6.58. The Morgan fingerprint density at radius 1 is 1.05 bits per heavy atom. The van der Waals surface area contributed by atoms with E-state index in [0.29, 0.717) is 11.3 Å². The summed E-state index contributed by atoms with van der Waals surface area (Å²) in [5.41, 5.74) is 1.08. The largest absolute Gasteiger partial charge is 0.324 e. The fourth-order valence-corrected chi connectivity index (χ4v) is 1.77. The molecule has 1 aromatic heterocycles. The van der Waals surface area contributed by atoms with E-state index in [9.17, 15) is 9.59 Å². The monoisotopic (exact) mass is 324 g/mol. The average Bonchev–Trinajstić information content (AvgIpc) is 2.44. The number of halogens is 2. The van der Waals surface area contributed by atoms with Crippen molar-refractivity contribution in [3.05, 3.63) is 46.3 Å². The molecule has 1 heterocycles. The Morgan fingerprint density at radius 2 is 1.71 bits per heavy atom. The zero-order chi connectivity index (χ0) is 15.4. The van der Waals surface area contributed by atoms with Crippen LogP contribution in [-0.2, 0) is 0 Å². The van der Waals surface area contributed by atoms with Gasteiger partial charge in [0.25, 0.3) is 0 Å². The Balaban J connectivity index is 2.04. The topological polar surface area (TPSA) is 84.0 Å². The van der Waals surface area contributed by atoms with Crippen LogP contribution in [0.5, 0.6) is 0 Å². The van der Waals surface area contributed by atoms with Crippen LogP contribution in [0, 0.1) is 0 Å². The third kappa shape index (κ3) is 3.90. The molecule has 0 saturated heterocycles. The Bertz CT molecular complexity index is 689. The van der Waals surface area contributed by atoms with Gasteiger partial charge in [0.1, 0.15) is 11.3 Å². The second-order valence-corrected chi connectivity index (χ2v) is 4.78. The molecule has 6 nitrogen and oxygen atoms in total. The van der Waals surface area contributed by atoms with Crippen molar-refractivity contribution in [2.45, 2.75) is 6.92 Å². The van der Waals surface area contributed by atoms with Crippen LogP contribution in [0.15, 0.2) is 30.6 Å². The molecule has 0 aliphatic rings. The first-order chi connectivity index (χ1) is 9.97. The summed E-state index contributed by atoms with van der Waals surface area (Å²) in [6, 6.07) is 5.93. The van der Waals surface area contributed by atoms with Gasteiger partial charge >= 0.3 is 6.03 Å². The molecule has 0 bridgehead atoms. The Labute approximate surface area is 130 Å². The summed E-state index contributed by atoms with van der Waals surface area (Å²) in [5.74, 6) is 0.0583. The summed E-state index contributed by atoms with van der Waals surface area (Å²) < 4.78 is 0. The van der Waals surface area contributed by atoms with Crippen LogP contribution in [0.4, 0.5) is 16.3 Å². The summed E-state index contributed by atoms with van der Waals surface area (Å²) in [5, 5.41) is 5.14. The van der Waals surface area contributed by atoms with Crippen molar-refractivity contribution in [1.82, 2.24) is 9.97 Å². The lowest BCUT2D eigenvalue weighted by atomic mass is 10.1. The third-order valence-corrected chi connectivity index (χ3v) is 3.27. The summed E-state index contributed by atoms with van der Waals surface area (Å²) in [6.07, 6.45) is 1.19. The maximum absolute atomic E-state index is 11.8. The van der Waals surface area contributed by atoms with E-state index in [2.05, 4.69) is 20.6 Å². The number of aromatic nitrogens is 2. The number of hydrogen-bond donors (Lipinski definition) is 2. The van der Waals surface area contributed by atoms with E-state index in [4.69, 9.17) is 23.2 Å². The second kappa shape index (κ2) is 6.51. The van der Waals surface area contributed by atoms with Gasteiger partial charge in [-0.25, -0.2) is 14.8 Å². The molecular weight excluding hydrogens is 315 g/mol.